The van der Waals surface area contributed by atoms with E-state index in [9.17, 15) is 0 Å². The van der Waals surface area contributed by atoms with Gasteiger partial charge in [-0.15, -0.1) is 0 Å². The van der Waals surface area contributed by atoms with Crippen LogP contribution in [0.2, 0.25) is 0 Å². The smallest absolute Gasteiger partial charge is 0.233 e. The minimum absolute atomic E-state index is 0.141. The van der Waals surface area contributed by atoms with Crippen molar-refractivity contribution in [2.45, 2.75) is 20.4 Å². The van der Waals surface area contributed by atoms with Gasteiger partial charge in [-0.2, -0.15) is 15.1 Å². The molecule has 0 aliphatic carbocycles. The van der Waals surface area contributed by atoms with E-state index in [1.165, 1.54) is 0 Å². The van der Waals surface area contributed by atoms with Crippen LogP contribution in [0.15, 0.2) is 12.3 Å². The van der Waals surface area contributed by atoms with Crippen molar-refractivity contribution in [2.75, 3.05) is 11.5 Å². The molecule has 0 aliphatic heterocycles. The maximum atomic E-state index is 5.84. The minimum atomic E-state index is 0.141. The van der Waals surface area contributed by atoms with Crippen LogP contribution >= 0.6 is 0 Å². The molecule has 0 amide bonds. The summed E-state index contributed by atoms with van der Waals surface area (Å²) in [7, 11) is 0. The zero-order chi connectivity index (χ0) is 13.6. The van der Waals surface area contributed by atoms with E-state index in [4.69, 9.17) is 11.5 Å². The molecule has 0 aromatic carbocycles. The molecule has 0 unspecified atom stereocenters. The van der Waals surface area contributed by atoms with Gasteiger partial charge in [0.05, 0.1) is 5.69 Å². The molecule has 3 heterocycles. The first kappa shape index (κ1) is 11.5. The third-order valence-corrected chi connectivity index (χ3v) is 2.86. The first-order valence-corrected chi connectivity index (χ1v) is 5.92. The van der Waals surface area contributed by atoms with Gasteiger partial charge in [0.15, 0.2) is 17.0 Å². The maximum absolute atomic E-state index is 5.84. The highest BCUT2D eigenvalue weighted by atomic mass is 15.4. The quantitative estimate of drug-likeness (QED) is 0.692. The SMILES string of the molecule is CCn1c(-n2ccc(C)n2)nc2c(N)nc(N)nc21. The van der Waals surface area contributed by atoms with E-state index in [0.29, 0.717) is 23.7 Å². The second kappa shape index (κ2) is 3.94. The molecule has 3 aromatic heterocycles. The molecule has 0 radical (unpaired) electrons. The number of aryl methyl sites for hydroxylation is 2. The van der Waals surface area contributed by atoms with E-state index in [1.54, 1.807) is 4.68 Å². The Labute approximate surface area is 109 Å². The first-order chi connectivity index (χ1) is 9.10. The van der Waals surface area contributed by atoms with Crippen molar-refractivity contribution >= 4 is 22.9 Å². The average molecular weight is 258 g/mol. The molecule has 3 rings (SSSR count). The minimum Gasteiger partial charge on any atom is -0.382 e. The van der Waals surface area contributed by atoms with Crippen LogP contribution in [-0.2, 0) is 6.54 Å². The highest BCUT2D eigenvalue weighted by Gasteiger charge is 2.16. The van der Waals surface area contributed by atoms with Crippen LogP contribution in [0, 0.1) is 6.92 Å². The van der Waals surface area contributed by atoms with Crippen molar-refractivity contribution in [1.29, 1.82) is 0 Å². The highest BCUT2D eigenvalue weighted by molar-refractivity contribution is 5.84. The fourth-order valence-corrected chi connectivity index (χ4v) is 2.02. The van der Waals surface area contributed by atoms with Crippen molar-refractivity contribution in [2.24, 2.45) is 0 Å². The van der Waals surface area contributed by atoms with E-state index < -0.39 is 0 Å². The molecule has 0 bridgehead atoms. The first-order valence-electron chi connectivity index (χ1n) is 5.92. The Balaban J connectivity index is 2.34. The molecule has 0 spiro atoms. The van der Waals surface area contributed by atoms with Crippen LogP contribution in [0.3, 0.4) is 0 Å². The second-order valence-corrected chi connectivity index (χ2v) is 4.20. The lowest BCUT2D eigenvalue weighted by atomic mass is 10.5. The molecular weight excluding hydrogens is 244 g/mol. The summed E-state index contributed by atoms with van der Waals surface area (Å²) < 4.78 is 3.59. The van der Waals surface area contributed by atoms with Gasteiger partial charge in [0.2, 0.25) is 11.9 Å². The van der Waals surface area contributed by atoms with Gasteiger partial charge < -0.3 is 11.5 Å². The molecule has 8 heteroatoms. The van der Waals surface area contributed by atoms with Crippen LogP contribution in [0.1, 0.15) is 12.6 Å². The van der Waals surface area contributed by atoms with Gasteiger partial charge in [-0.3, -0.25) is 4.57 Å². The fraction of sp³-hybridized carbons (Fsp3) is 0.273. The summed E-state index contributed by atoms with van der Waals surface area (Å²) in [6, 6.07) is 1.91. The molecule has 8 nitrogen and oxygen atoms in total. The molecule has 19 heavy (non-hydrogen) atoms. The molecule has 0 atom stereocenters. The fourth-order valence-electron chi connectivity index (χ4n) is 2.02. The second-order valence-electron chi connectivity index (χ2n) is 4.20. The third kappa shape index (κ3) is 1.68. The Morgan fingerprint density at radius 1 is 1.21 bits per heavy atom. The number of nitrogen functional groups attached to an aromatic ring is 2. The van der Waals surface area contributed by atoms with E-state index in [1.807, 2.05) is 30.7 Å². The molecule has 0 aliphatic rings. The highest BCUT2D eigenvalue weighted by Crippen LogP contribution is 2.21. The van der Waals surface area contributed by atoms with Crippen LogP contribution in [0.5, 0.6) is 0 Å². The molecule has 0 saturated carbocycles. The summed E-state index contributed by atoms with van der Waals surface area (Å²) in [5, 5.41) is 4.35. The van der Waals surface area contributed by atoms with E-state index >= 15 is 0 Å². The Hall–Kier alpha value is -2.64. The van der Waals surface area contributed by atoms with Gasteiger partial charge in [0.1, 0.15) is 0 Å². The van der Waals surface area contributed by atoms with Gasteiger partial charge in [0.25, 0.3) is 0 Å². The summed E-state index contributed by atoms with van der Waals surface area (Å²) >= 11 is 0. The van der Waals surface area contributed by atoms with Gasteiger partial charge in [-0.1, -0.05) is 0 Å². The summed E-state index contributed by atoms with van der Waals surface area (Å²) in [4.78, 5) is 12.6. The predicted octanol–water partition coefficient (Wildman–Crippen LogP) is 0.505. The Morgan fingerprint density at radius 2 is 2.00 bits per heavy atom. The van der Waals surface area contributed by atoms with Crippen molar-refractivity contribution in [1.82, 2.24) is 29.3 Å². The molecule has 4 N–H and O–H groups in total. The molecule has 3 aromatic rings. The lowest BCUT2D eigenvalue weighted by molar-refractivity contribution is 0.693. The van der Waals surface area contributed by atoms with Crippen LogP contribution in [-0.4, -0.2) is 29.3 Å². The number of hydrogen-bond acceptors (Lipinski definition) is 6. The van der Waals surface area contributed by atoms with Crippen LogP contribution in [0.4, 0.5) is 11.8 Å². The maximum Gasteiger partial charge on any atom is 0.233 e. The van der Waals surface area contributed by atoms with Crippen molar-refractivity contribution < 1.29 is 0 Å². The number of anilines is 2. The lowest BCUT2D eigenvalue weighted by Crippen LogP contribution is -2.07. The number of aromatic nitrogens is 6. The number of hydrogen-bond donors (Lipinski definition) is 2. The third-order valence-electron chi connectivity index (χ3n) is 2.86. The lowest BCUT2D eigenvalue weighted by Gasteiger charge is -2.04. The Kier molecular flexibility index (Phi) is 2.37. The monoisotopic (exact) mass is 258 g/mol. The van der Waals surface area contributed by atoms with Gasteiger partial charge >= 0.3 is 0 Å². The molecule has 0 fully saturated rings. The number of nitrogens with two attached hydrogens (primary N) is 2. The number of fused-ring (bicyclic) bond motifs is 1. The zero-order valence-electron chi connectivity index (χ0n) is 10.7. The normalized spacial score (nSPS) is 11.3. The van der Waals surface area contributed by atoms with E-state index in [-0.39, 0.29) is 11.8 Å². The Morgan fingerprint density at radius 3 is 2.63 bits per heavy atom. The predicted molar refractivity (Wildman–Crippen MR) is 71.7 cm³/mol. The number of imidazole rings is 1. The summed E-state index contributed by atoms with van der Waals surface area (Å²) in [6.07, 6.45) is 1.84. The Bertz CT molecular complexity index is 753. The van der Waals surface area contributed by atoms with Crippen molar-refractivity contribution in [3.8, 4) is 5.95 Å². The van der Waals surface area contributed by atoms with Gasteiger partial charge in [-0.05, 0) is 19.9 Å². The van der Waals surface area contributed by atoms with Crippen LogP contribution < -0.4 is 11.5 Å². The van der Waals surface area contributed by atoms with E-state index in [2.05, 4.69) is 20.1 Å². The van der Waals surface area contributed by atoms with Crippen molar-refractivity contribution in [3.63, 3.8) is 0 Å². The summed E-state index contributed by atoms with van der Waals surface area (Å²) in [6.45, 7) is 4.59. The summed E-state index contributed by atoms with van der Waals surface area (Å²) in [5.74, 6) is 1.07. The molecular formula is C11H14N8. The zero-order valence-corrected chi connectivity index (χ0v) is 10.7. The average Bonchev–Trinajstić information content (AvgIpc) is 2.92. The number of nitrogens with zero attached hydrogens (tertiary/aromatic N) is 6. The van der Waals surface area contributed by atoms with E-state index in [0.717, 1.165) is 5.69 Å². The van der Waals surface area contributed by atoms with Gasteiger partial charge in [0, 0.05) is 12.7 Å². The van der Waals surface area contributed by atoms with Crippen LogP contribution in [0.25, 0.3) is 17.1 Å². The molecule has 98 valence electrons. The number of rotatable bonds is 2. The van der Waals surface area contributed by atoms with Crippen molar-refractivity contribution in [3.05, 3.63) is 18.0 Å². The van der Waals surface area contributed by atoms with Gasteiger partial charge in [-0.25, -0.2) is 9.67 Å². The largest absolute Gasteiger partial charge is 0.382 e. The standard InChI is InChI=1S/C11H14N8/c1-3-18-9-7(8(12)15-10(13)16-9)14-11(18)19-5-4-6(2)17-19/h4-5H,3H2,1-2H3,(H4,12,13,15,16). The molecule has 0 saturated heterocycles. The summed E-state index contributed by atoms with van der Waals surface area (Å²) in [5.41, 5.74) is 13.5. The topological polar surface area (TPSA) is 113 Å².